The van der Waals surface area contributed by atoms with E-state index in [1.165, 1.54) is 19.3 Å². The van der Waals surface area contributed by atoms with Crippen molar-refractivity contribution in [1.82, 2.24) is 15.5 Å². The molecule has 1 aromatic carbocycles. The van der Waals surface area contributed by atoms with Crippen molar-refractivity contribution in [3.63, 3.8) is 0 Å². The molecule has 4 amide bonds. The SMILES string of the molecule is O=C(NC1CCCCC1)NC1CCN(C(=O)Nc2cccc3c2OCCO3)CC1. The number of carbonyl (C=O) groups excluding carboxylic acids is 2. The highest BCUT2D eigenvalue weighted by Gasteiger charge is 2.26. The van der Waals surface area contributed by atoms with E-state index < -0.39 is 0 Å². The summed E-state index contributed by atoms with van der Waals surface area (Å²) in [7, 11) is 0. The minimum absolute atomic E-state index is 0.0761. The van der Waals surface area contributed by atoms with Gasteiger partial charge >= 0.3 is 12.1 Å². The van der Waals surface area contributed by atoms with Crippen molar-refractivity contribution in [1.29, 1.82) is 0 Å². The number of piperidine rings is 1. The Morgan fingerprint density at radius 1 is 0.897 bits per heavy atom. The van der Waals surface area contributed by atoms with Gasteiger partial charge in [0.05, 0.1) is 5.69 Å². The summed E-state index contributed by atoms with van der Waals surface area (Å²) in [5.74, 6) is 1.24. The summed E-state index contributed by atoms with van der Waals surface area (Å²) in [6, 6.07) is 5.66. The molecule has 8 nitrogen and oxygen atoms in total. The number of carbonyl (C=O) groups is 2. The second-order valence-corrected chi connectivity index (χ2v) is 7.97. The Balaban J connectivity index is 1.23. The van der Waals surface area contributed by atoms with Crippen LogP contribution in [-0.4, -0.2) is 55.3 Å². The van der Waals surface area contributed by atoms with E-state index in [2.05, 4.69) is 16.0 Å². The van der Waals surface area contributed by atoms with E-state index in [4.69, 9.17) is 9.47 Å². The first-order valence-corrected chi connectivity index (χ1v) is 10.7. The summed E-state index contributed by atoms with van der Waals surface area (Å²) in [6.45, 7) is 2.19. The minimum Gasteiger partial charge on any atom is -0.486 e. The molecule has 29 heavy (non-hydrogen) atoms. The van der Waals surface area contributed by atoms with Crippen molar-refractivity contribution in [3.05, 3.63) is 18.2 Å². The van der Waals surface area contributed by atoms with Crippen molar-refractivity contribution >= 4 is 17.7 Å². The number of ether oxygens (including phenoxy) is 2. The third kappa shape index (κ3) is 5.05. The van der Waals surface area contributed by atoms with Crippen LogP contribution in [-0.2, 0) is 0 Å². The Labute approximate surface area is 171 Å². The molecule has 158 valence electrons. The number of anilines is 1. The second kappa shape index (κ2) is 9.24. The van der Waals surface area contributed by atoms with Gasteiger partial charge in [-0.1, -0.05) is 25.3 Å². The Hall–Kier alpha value is -2.64. The van der Waals surface area contributed by atoms with Crippen molar-refractivity contribution < 1.29 is 19.1 Å². The lowest BCUT2D eigenvalue weighted by Crippen LogP contribution is -2.51. The third-order valence-corrected chi connectivity index (χ3v) is 5.87. The molecule has 2 aliphatic heterocycles. The van der Waals surface area contributed by atoms with Crippen LogP contribution in [0, 0.1) is 0 Å². The van der Waals surface area contributed by atoms with Crippen LogP contribution in [0.5, 0.6) is 11.5 Å². The van der Waals surface area contributed by atoms with Crippen LogP contribution in [0.1, 0.15) is 44.9 Å². The number of rotatable bonds is 3. The van der Waals surface area contributed by atoms with Gasteiger partial charge in [-0.2, -0.15) is 0 Å². The normalized spacial score (nSPS) is 20.1. The Bertz CT molecular complexity index is 727. The van der Waals surface area contributed by atoms with E-state index in [1.807, 2.05) is 18.2 Å². The average molecular weight is 402 g/mol. The fourth-order valence-electron chi connectivity index (χ4n) is 4.25. The maximum absolute atomic E-state index is 12.7. The molecule has 2 heterocycles. The number of nitrogens with zero attached hydrogens (tertiary/aromatic N) is 1. The number of hydrogen-bond donors (Lipinski definition) is 3. The van der Waals surface area contributed by atoms with Crippen LogP contribution in [0.15, 0.2) is 18.2 Å². The number of amides is 4. The van der Waals surface area contributed by atoms with Gasteiger partial charge in [0.15, 0.2) is 11.5 Å². The van der Waals surface area contributed by atoms with Crippen molar-refractivity contribution in [3.8, 4) is 11.5 Å². The molecule has 1 saturated heterocycles. The summed E-state index contributed by atoms with van der Waals surface area (Å²) < 4.78 is 11.2. The van der Waals surface area contributed by atoms with E-state index in [-0.39, 0.29) is 18.1 Å². The molecule has 8 heteroatoms. The van der Waals surface area contributed by atoms with Gasteiger partial charge in [-0.25, -0.2) is 9.59 Å². The number of hydrogen-bond acceptors (Lipinski definition) is 4. The van der Waals surface area contributed by atoms with Crippen LogP contribution in [0.25, 0.3) is 0 Å². The first-order valence-electron chi connectivity index (χ1n) is 10.7. The number of para-hydroxylation sites is 1. The average Bonchev–Trinajstić information content (AvgIpc) is 2.75. The fourth-order valence-corrected chi connectivity index (χ4v) is 4.25. The predicted molar refractivity (Wildman–Crippen MR) is 110 cm³/mol. The van der Waals surface area contributed by atoms with Crippen LogP contribution < -0.4 is 25.4 Å². The highest BCUT2D eigenvalue weighted by molar-refractivity contribution is 5.91. The lowest BCUT2D eigenvalue weighted by atomic mass is 9.96. The lowest BCUT2D eigenvalue weighted by Gasteiger charge is -2.33. The molecule has 1 aliphatic carbocycles. The number of fused-ring (bicyclic) bond motifs is 1. The zero-order valence-electron chi connectivity index (χ0n) is 16.7. The molecular formula is C21H30N4O4. The number of nitrogens with one attached hydrogen (secondary N) is 3. The van der Waals surface area contributed by atoms with Gasteiger partial charge in [0.1, 0.15) is 13.2 Å². The zero-order valence-corrected chi connectivity index (χ0v) is 16.7. The molecule has 1 saturated carbocycles. The highest BCUT2D eigenvalue weighted by Crippen LogP contribution is 2.37. The molecule has 0 bridgehead atoms. The largest absolute Gasteiger partial charge is 0.486 e. The summed E-state index contributed by atoms with van der Waals surface area (Å²) in [5.41, 5.74) is 0.624. The van der Waals surface area contributed by atoms with Gasteiger partial charge in [0.2, 0.25) is 0 Å². The van der Waals surface area contributed by atoms with Gasteiger partial charge in [-0.15, -0.1) is 0 Å². The number of likely N-dealkylation sites (tertiary alicyclic amines) is 1. The van der Waals surface area contributed by atoms with Gasteiger partial charge in [0.25, 0.3) is 0 Å². The number of benzene rings is 1. The van der Waals surface area contributed by atoms with E-state index >= 15 is 0 Å². The molecule has 0 atom stereocenters. The van der Waals surface area contributed by atoms with Crippen molar-refractivity contribution in [2.24, 2.45) is 0 Å². The Morgan fingerprint density at radius 3 is 2.34 bits per heavy atom. The lowest BCUT2D eigenvalue weighted by molar-refractivity contribution is 0.171. The molecule has 3 N–H and O–H groups in total. The molecule has 3 aliphatic rings. The summed E-state index contributed by atoms with van der Waals surface area (Å²) in [5, 5.41) is 9.10. The first-order chi connectivity index (χ1) is 14.2. The molecule has 0 radical (unpaired) electrons. The van der Waals surface area contributed by atoms with E-state index in [9.17, 15) is 9.59 Å². The van der Waals surface area contributed by atoms with Crippen LogP contribution in [0.3, 0.4) is 0 Å². The Morgan fingerprint density at radius 2 is 1.59 bits per heavy atom. The molecule has 2 fully saturated rings. The van der Waals surface area contributed by atoms with Gasteiger partial charge in [0, 0.05) is 25.2 Å². The van der Waals surface area contributed by atoms with Crippen molar-refractivity contribution in [2.45, 2.75) is 57.0 Å². The Kier molecular flexibility index (Phi) is 6.27. The summed E-state index contributed by atoms with van der Waals surface area (Å²) in [6.07, 6.45) is 7.30. The van der Waals surface area contributed by atoms with Crippen LogP contribution in [0.2, 0.25) is 0 Å². The third-order valence-electron chi connectivity index (χ3n) is 5.87. The maximum Gasteiger partial charge on any atom is 0.321 e. The van der Waals surface area contributed by atoms with E-state index in [0.717, 1.165) is 25.7 Å². The fraction of sp³-hybridized carbons (Fsp3) is 0.619. The highest BCUT2D eigenvalue weighted by atomic mass is 16.6. The molecule has 1 aromatic rings. The predicted octanol–water partition coefficient (Wildman–Crippen LogP) is 3.09. The zero-order chi connectivity index (χ0) is 20.1. The van der Waals surface area contributed by atoms with Crippen LogP contribution >= 0.6 is 0 Å². The van der Waals surface area contributed by atoms with E-state index in [0.29, 0.717) is 49.5 Å². The summed E-state index contributed by atoms with van der Waals surface area (Å²) in [4.78, 5) is 26.7. The maximum atomic E-state index is 12.7. The molecular weight excluding hydrogens is 372 g/mol. The van der Waals surface area contributed by atoms with E-state index in [1.54, 1.807) is 4.90 Å². The topological polar surface area (TPSA) is 91.9 Å². The quantitative estimate of drug-likeness (QED) is 0.725. The van der Waals surface area contributed by atoms with Gasteiger partial charge in [-0.3, -0.25) is 0 Å². The standard InChI is InChI=1S/C21H30N4O4/c26-20(22-15-5-2-1-3-6-15)23-16-9-11-25(12-10-16)21(27)24-17-7-4-8-18-19(17)29-14-13-28-18/h4,7-8,15-16H,1-3,5-6,9-14H2,(H,24,27)(H2,22,23,26). The smallest absolute Gasteiger partial charge is 0.321 e. The molecule has 0 unspecified atom stereocenters. The summed E-state index contributed by atoms with van der Waals surface area (Å²) >= 11 is 0. The van der Waals surface area contributed by atoms with Gasteiger partial charge < -0.3 is 30.3 Å². The molecule has 0 aromatic heterocycles. The van der Waals surface area contributed by atoms with Crippen LogP contribution in [0.4, 0.5) is 15.3 Å². The monoisotopic (exact) mass is 402 g/mol. The first kappa shape index (κ1) is 19.7. The van der Waals surface area contributed by atoms with Crippen molar-refractivity contribution in [2.75, 3.05) is 31.6 Å². The molecule has 4 rings (SSSR count). The second-order valence-electron chi connectivity index (χ2n) is 7.97. The molecule has 0 spiro atoms. The van der Waals surface area contributed by atoms with Gasteiger partial charge in [-0.05, 0) is 37.8 Å². The number of urea groups is 2. The minimum atomic E-state index is -0.155.